The zero-order valence-electron chi connectivity index (χ0n) is 11.6. The van der Waals surface area contributed by atoms with E-state index in [4.69, 9.17) is 4.74 Å². The molecule has 0 aliphatic carbocycles. The highest BCUT2D eigenvalue weighted by atomic mass is 16.6. The summed E-state index contributed by atoms with van der Waals surface area (Å²) < 4.78 is 5.15. The molecule has 0 bridgehead atoms. The smallest absolute Gasteiger partial charge is 0.331 e. The molecule has 0 spiro atoms. The largest absolute Gasteiger partial charge is 0.507 e. The van der Waals surface area contributed by atoms with Gasteiger partial charge in [0, 0.05) is 11.6 Å². The highest BCUT2D eigenvalue weighted by Gasteiger charge is 2.14. The molecule has 0 unspecified atom stereocenters. The van der Waals surface area contributed by atoms with Crippen LogP contribution in [0.25, 0.3) is 6.08 Å². The van der Waals surface area contributed by atoms with Crippen molar-refractivity contribution in [3.8, 4) is 5.75 Å². The third-order valence-corrected chi connectivity index (χ3v) is 2.28. The van der Waals surface area contributed by atoms with Crippen LogP contribution in [0.5, 0.6) is 5.75 Å². The van der Waals surface area contributed by atoms with Crippen LogP contribution < -0.4 is 0 Å². The fourth-order valence-corrected chi connectivity index (χ4v) is 1.61. The Morgan fingerprint density at radius 2 is 1.89 bits per heavy atom. The molecule has 98 valence electrons. The molecule has 3 nitrogen and oxygen atoms in total. The van der Waals surface area contributed by atoms with E-state index < -0.39 is 11.6 Å². The minimum Gasteiger partial charge on any atom is -0.507 e. The first-order valence-corrected chi connectivity index (χ1v) is 5.90. The average molecular weight is 248 g/mol. The van der Waals surface area contributed by atoms with Crippen LogP contribution in [0, 0.1) is 13.8 Å². The summed E-state index contributed by atoms with van der Waals surface area (Å²) in [5.41, 5.74) is 1.94. The molecular weight excluding hydrogens is 228 g/mol. The molecule has 0 atom stereocenters. The predicted molar refractivity (Wildman–Crippen MR) is 72.5 cm³/mol. The highest BCUT2D eigenvalue weighted by Crippen LogP contribution is 2.24. The molecule has 0 saturated heterocycles. The fourth-order valence-electron chi connectivity index (χ4n) is 1.61. The van der Waals surface area contributed by atoms with E-state index in [1.54, 1.807) is 6.08 Å². The van der Waals surface area contributed by atoms with Crippen molar-refractivity contribution in [1.82, 2.24) is 0 Å². The lowest BCUT2D eigenvalue weighted by Gasteiger charge is -2.17. The Labute approximate surface area is 108 Å². The molecule has 3 heteroatoms. The van der Waals surface area contributed by atoms with Crippen LogP contribution in [-0.4, -0.2) is 16.7 Å². The molecule has 1 rings (SSSR count). The summed E-state index contributed by atoms with van der Waals surface area (Å²) in [6, 6.07) is 3.71. The molecule has 0 fully saturated rings. The number of phenolic OH excluding ortho intramolecular Hbond substituents is 1. The van der Waals surface area contributed by atoms with E-state index in [-0.39, 0.29) is 5.75 Å². The number of rotatable bonds is 2. The normalized spacial score (nSPS) is 11.8. The van der Waals surface area contributed by atoms with E-state index in [0.29, 0.717) is 5.56 Å². The molecule has 18 heavy (non-hydrogen) atoms. The number of hydrogen-bond acceptors (Lipinski definition) is 3. The Hall–Kier alpha value is -1.77. The van der Waals surface area contributed by atoms with Crippen molar-refractivity contribution < 1.29 is 14.6 Å². The van der Waals surface area contributed by atoms with Crippen LogP contribution in [0.1, 0.15) is 37.5 Å². The molecule has 0 saturated carbocycles. The monoisotopic (exact) mass is 248 g/mol. The third-order valence-electron chi connectivity index (χ3n) is 2.28. The summed E-state index contributed by atoms with van der Waals surface area (Å²) >= 11 is 0. The summed E-state index contributed by atoms with van der Waals surface area (Å²) in [4.78, 5) is 11.5. The number of aryl methyl sites for hydroxylation is 2. The molecular formula is C15H20O3. The van der Waals surface area contributed by atoms with E-state index in [9.17, 15) is 9.90 Å². The first kappa shape index (κ1) is 14.3. The van der Waals surface area contributed by atoms with E-state index in [0.717, 1.165) is 11.1 Å². The van der Waals surface area contributed by atoms with Gasteiger partial charge in [-0.15, -0.1) is 0 Å². The maximum Gasteiger partial charge on any atom is 0.331 e. The standard InChI is InChI=1S/C15H20O3/c1-10-8-11(2)14(17)12(9-10)6-7-13(16)18-15(3,4)5/h6-9,17H,1-5H3/b7-6+. The quantitative estimate of drug-likeness (QED) is 0.644. The van der Waals surface area contributed by atoms with Crippen LogP contribution in [0.2, 0.25) is 0 Å². The van der Waals surface area contributed by atoms with Crippen molar-refractivity contribution in [3.63, 3.8) is 0 Å². The van der Waals surface area contributed by atoms with E-state index >= 15 is 0 Å². The first-order chi connectivity index (χ1) is 8.19. The van der Waals surface area contributed by atoms with Gasteiger partial charge in [0.15, 0.2) is 0 Å². The topological polar surface area (TPSA) is 46.5 Å². The second kappa shape index (κ2) is 5.25. The molecule has 0 radical (unpaired) electrons. The average Bonchev–Trinajstić information content (AvgIpc) is 2.18. The van der Waals surface area contributed by atoms with Gasteiger partial charge >= 0.3 is 5.97 Å². The van der Waals surface area contributed by atoms with Crippen LogP contribution in [0.15, 0.2) is 18.2 Å². The maximum absolute atomic E-state index is 11.5. The Morgan fingerprint density at radius 1 is 1.28 bits per heavy atom. The highest BCUT2D eigenvalue weighted by molar-refractivity contribution is 5.88. The number of hydrogen-bond donors (Lipinski definition) is 1. The molecule has 0 heterocycles. The minimum absolute atomic E-state index is 0.195. The van der Waals surface area contributed by atoms with Gasteiger partial charge in [-0.25, -0.2) is 4.79 Å². The van der Waals surface area contributed by atoms with Crippen molar-refractivity contribution in [2.75, 3.05) is 0 Å². The van der Waals surface area contributed by atoms with Gasteiger partial charge in [0.05, 0.1) is 0 Å². The van der Waals surface area contributed by atoms with E-state index in [1.165, 1.54) is 6.08 Å². The summed E-state index contributed by atoms with van der Waals surface area (Å²) in [6.07, 6.45) is 2.91. The Balaban J connectivity index is 2.88. The molecule has 0 amide bonds. The number of aromatic hydroxyl groups is 1. The SMILES string of the molecule is Cc1cc(C)c(O)c(/C=C/C(=O)OC(C)(C)C)c1. The van der Waals surface area contributed by atoms with Gasteiger partial charge < -0.3 is 9.84 Å². The zero-order chi connectivity index (χ0) is 13.9. The van der Waals surface area contributed by atoms with Crippen LogP contribution in [-0.2, 0) is 9.53 Å². The lowest BCUT2D eigenvalue weighted by molar-refractivity contribution is -0.148. The van der Waals surface area contributed by atoms with Crippen molar-refractivity contribution in [2.45, 2.75) is 40.2 Å². The first-order valence-electron chi connectivity index (χ1n) is 5.90. The van der Waals surface area contributed by atoms with Crippen LogP contribution in [0.3, 0.4) is 0 Å². The maximum atomic E-state index is 11.5. The number of carbonyl (C=O) groups excluding carboxylic acids is 1. The van der Waals surface area contributed by atoms with Crippen LogP contribution >= 0.6 is 0 Å². The fraction of sp³-hybridized carbons (Fsp3) is 0.400. The number of benzene rings is 1. The number of carbonyl (C=O) groups is 1. The van der Waals surface area contributed by atoms with E-state index in [1.807, 2.05) is 46.8 Å². The van der Waals surface area contributed by atoms with Crippen molar-refractivity contribution in [2.24, 2.45) is 0 Å². The molecule has 1 aromatic carbocycles. The Kier molecular flexibility index (Phi) is 4.17. The van der Waals surface area contributed by atoms with Crippen molar-refractivity contribution >= 4 is 12.0 Å². The zero-order valence-corrected chi connectivity index (χ0v) is 11.6. The van der Waals surface area contributed by atoms with Gasteiger partial charge in [-0.3, -0.25) is 0 Å². The number of esters is 1. The van der Waals surface area contributed by atoms with E-state index in [2.05, 4.69) is 0 Å². The van der Waals surface area contributed by atoms with Gasteiger partial charge in [0.2, 0.25) is 0 Å². The van der Waals surface area contributed by atoms with Crippen LogP contribution in [0.4, 0.5) is 0 Å². The second-order valence-corrected chi connectivity index (χ2v) is 5.39. The molecule has 1 aromatic rings. The van der Waals surface area contributed by atoms with Crippen molar-refractivity contribution in [3.05, 3.63) is 34.9 Å². The second-order valence-electron chi connectivity index (χ2n) is 5.39. The minimum atomic E-state index is -0.508. The summed E-state index contributed by atoms with van der Waals surface area (Å²) in [5.74, 6) is -0.221. The third kappa shape index (κ3) is 4.24. The molecule has 1 N–H and O–H groups in total. The molecule has 0 aromatic heterocycles. The van der Waals surface area contributed by atoms with Gasteiger partial charge in [-0.05, 0) is 52.3 Å². The lowest BCUT2D eigenvalue weighted by Crippen LogP contribution is -2.22. The summed E-state index contributed by atoms with van der Waals surface area (Å²) in [5, 5.41) is 9.86. The molecule has 0 aliphatic heterocycles. The Bertz CT molecular complexity index is 479. The van der Waals surface area contributed by atoms with Gasteiger partial charge in [0.25, 0.3) is 0 Å². The lowest BCUT2D eigenvalue weighted by atomic mass is 10.1. The van der Waals surface area contributed by atoms with Gasteiger partial charge in [-0.2, -0.15) is 0 Å². The Morgan fingerprint density at radius 3 is 2.44 bits per heavy atom. The van der Waals surface area contributed by atoms with Gasteiger partial charge in [-0.1, -0.05) is 11.6 Å². The number of phenols is 1. The summed E-state index contributed by atoms with van der Waals surface area (Å²) in [6.45, 7) is 9.21. The van der Waals surface area contributed by atoms with Crippen molar-refractivity contribution in [1.29, 1.82) is 0 Å². The predicted octanol–water partition coefficient (Wildman–Crippen LogP) is 3.36. The van der Waals surface area contributed by atoms with Gasteiger partial charge in [0.1, 0.15) is 11.4 Å². The molecule has 0 aliphatic rings. The number of ether oxygens (including phenoxy) is 1. The summed E-state index contributed by atoms with van der Waals surface area (Å²) in [7, 11) is 0.